The minimum atomic E-state index is 0.531. The molecule has 0 aliphatic rings. The first-order chi connectivity index (χ1) is 8.72. The molecule has 0 saturated carbocycles. The van der Waals surface area contributed by atoms with E-state index in [0.717, 1.165) is 20.9 Å². The van der Waals surface area contributed by atoms with Gasteiger partial charge in [0.1, 0.15) is 15.8 Å². The highest BCUT2D eigenvalue weighted by Gasteiger charge is 2.07. The summed E-state index contributed by atoms with van der Waals surface area (Å²) >= 11 is 9.35. The molecular formula is C11H9ClN4S2. The Morgan fingerprint density at radius 3 is 3.11 bits per heavy atom. The molecule has 3 aromatic rings. The minimum absolute atomic E-state index is 0.531. The Bertz CT molecular complexity index is 691. The van der Waals surface area contributed by atoms with Gasteiger partial charge in [0, 0.05) is 23.5 Å². The first-order valence-corrected chi connectivity index (χ1v) is 7.48. The highest BCUT2D eigenvalue weighted by molar-refractivity contribution is 7.98. The molecule has 0 N–H and O–H groups in total. The molecule has 0 bridgehead atoms. The van der Waals surface area contributed by atoms with Gasteiger partial charge in [0.2, 0.25) is 0 Å². The van der Waals surface area contributed by atoms with Crippen molar-refractivity contribution in [2.45, 2.75) is 10.6 Å². The van der Waals surface area contributed by atoms with Crippen molar-refractivity contribution in [1.29, 1.82) is 0 Å². The van der Waals surface area contributed by atoms with Gasteiger partial charge in [0.15, 0.2) is 0 Å². The van der Waals surface area contributed by atoms with Gasteiger partial charge in [-0.05, 0) is 11.4 Å². The minimum Gasteiger partial charge on any atom is -0.275 e. The van der Waals surface area contributed by atoms with Crippen LogP contribution in [0.3, 0.4) is 0 Å². The molecule has 0 radical (unpaired) electrons. The van der Waals surface area contributed by atoms with Gasteiger partial charge in [0.05, 0.1) is 11.9 Å². The Kier molecular flexibility index (Phi) is 3.23. The number of rotatable bonds is 3. The Balaban J connectivity index is 1.82. The first kappa shape index (κ1) is 12.0. The molecule has 0 spiro atoms. The summed E-state index contributed by atoms with van der Waals surface area (Å²) in [6.07, 6.45) is 3.80. The third-order valence-corrected chi connectivity index (χ3v) is 4.42. The van der Waals surface area contributed by atoms with Gasteiger partial charge >= 0.3 is 0 Å². The highest BCUT2D eigenvalue weighted by Crippen LogP contribution is 2.27. The molecule has 0 amide bonds. The molecule has 7 heteroatoms. The standard InChI is InChI=1S/C11H9ClN4S2/c1-16-5-7(4-13-16)18-6-9-14-10(12)8-2-3-17-11(8)15-9/h2-5H,6H2,1H3. The quantitative estimate of drug-likeness (QED) is 0.549. The van der Waals surface area contributed by atoms with Crippen LogP contribution < -0.4 is 0 Å². The van der Waals surface area contributed by atoms with Crippen LogP contribution in [-0.4, -0.2) is 19.7 Å². The Morgan fingerprint density at radius 1 is 1.44 bits per heavy atom. The molecule has 3 aromatic heterocycles. The fourth-order valence-corrected chi connectivity index (χ4v) is 3.41. The average Bonchev–Trinajstić information content (AvgIpc) is 2.95. The van der Waals surface area contributed by atoms with E-state index >= 15 is 0 Å². The number of aromatic nitrogens is 4. The van der Waals surface area contributed by atoms with Crippen molar-refractivity contribution in [2.24, 2.45) is 7.05 Å². The van der Waals surface area contributed by atoms with Crippen LogP contribution in [-0.2, 0) is 12.8 Å². The number of hydrogen-bond donors (Lipinski definition) is 0. The lowest BCUT2D eigenvalue weighted by Gasteiger charge is -2.00. The summed E-state index contributed by atoms with van der Waals surface area (Å²) in [4.78, 5) is 10.8. The topological polar surface area (TPSA) is 43.6 Å². The Labute approximate surface area is 117 Å². The van der Waals surface area contributed by atoms with Gasteiger partial charge in [-0.3, -0.25) is 4.68 Å². The van der Waals surface area contributed by atoms with Gasteiger partial charge in [0.25, 0.3) is 0 Å². The van der Waals surface area contributed by atoms with Crippen LogP contribution in [0.1, 0.15) is 5.82 Å². The van der Waals surface area contributed by atoms with Crippen LogP contribution in [0.15, 0.2) is 28.7 Å². The highest BCUT2D eigenvalue weighted by atomic mass is 35.5. The van der Waals surface area contributed by atoms with Crippen molar-refractivity contribution in [3.63, 3.8) is 0 Å². The number of nitrogens with zero attached hydrogens (tertiary/aromatic N) is 4. The Morgan fingerprint density at radius 2 is 2.33 bits per heavy atom. The van der Waals surface area contributed by atoms with E-state index in [1.165, 1.54) is 0 Å². The normalized spacial score (nSPS) is 11.2. The van der Waals surface area contributed by atoms with Crippen LogP contribution in [0.2, 0.25) is 5.15 Å². The monoisotopic (exact) mass is 296 g/mol. The van der Waals surface area contributed by atoms with Crippen molar-refractivity contribution in [1.82, 2.24) is 19.7 Å². The third-order valence-electron chi connectivity index (χ3n) is 2.37. The molecule has 4 nitrogen and oxygen atoms in total. The summed E-state index contributed by atoms with van der Waals surface area (Å²) < 4.78 is 1.78. The molecule has 0 aromatic carbocycles. The summed E-state index contributed by atoms with van der Waals surface area (Å²) in [7, 11) is 1.90. The molecule has 0 aliphatic heterocycles. The van der Waals surface area contributed by atoms with Crippen molar-refractivity contribution in [2.75, 3.05) is 0 Å². The lowest BCUT2D eigenvalue weighted by atomic mass is 10.4. The van der Waals surface area contributed by atoms with Crippen molar-refractivity contribution in [3.05, 3.63) is 34.8 Å². The van der Waals surface area contributed by atoms with Crippen LogP contribution >= 0.6 is 34.7 Å². The number of fused-ring (bicyclic) bond motifs is 1. The number of halogens is 1. The first-order valence-electron chi connectivity index (χ1n) is 5.23. The second-order valence-electron chi connectivity index (χ2n) is 3.71. The Hall–Kier alpha value is -1.11. The smallest absolute Gasteiger partial charge is 0.142 e. The van der Waals surface area contributed by atoms with Crippen molar-refractivity contribution >= 4 is 44.9 Å². The summed E-state index contributed by atoms with van der Waals surface area (Å²) in [5.74, 6) is 1.45. The van der Waals surface area contributed by atoms with Crippen molar-refractivity contribution in [3.8, 4) is 0 Å². The number of hydrogen-bond acceptors (Lipinski definition) is 5. The predicted molar refractivity (Wildman–Crippen MR) is 75.2 cm³/mol. The summed E-state index contributed by atoms with van der Waals surface area (Å²) in [5.41, 5.74) is 0. The predicted octanol–water partition coefficient (Wildman–Crippen LogP) is 3.37. The third kappa shape index (κ3) is 2.36. The second kappa shape index (κ2) is 4.87. The fraction of sp³-hybridized carbons (Fsp3) is 0.182. The van der Waals surface area contributed by atoms with Crippen molar-refractivity contribution < 1.29 is 0 Å². The molecule has 3 heterocycles. The molecule has 0 aliphatic carbocycles. The lowest BCUT2D eigenvalue weighted by Crippen LogP contribution is -1.92. The number of thioether (sulfide) groups is 1. The molecule has 0 saturated heterocycles. The van der Waals surface area contributed by atoms with Crippen LogP contribution in [0.4, 0.5) is 0 Å². The fourth-order valence-electron chi connectivity index (χ4n) is 1.55. The van der Waals surface area contributed by atoms with Gasteiger partial charge in [-0.25, -0.2) is 9.97 Å². The summed E-state index contributed by atoms with van der Waals surface area (Å²) in [6, 6.07) is 1.94. The lowest BCUT2D eigenvalue weighted by molar-refractivity contribution is 0.766. The molecule has 3 rings (SSSR count). The number of thiophene rings is 1. The van der Waals surface area contributed by atoms with Crippen LogP contribution in [0.5, 0.6) is 0 Å². The molecular weight excluding hydrogens is 288 g/mol. The zero-order valence-electron chi connectivity index (χ0n) is 9.50. The van der Waals surface area contributed by atoms with E-state index < -0.39 is 0 Å². The second-order valence-corrected chi connectivity index (χ2v) is 6.01. The van der Waals surface area contributed by atoms with Gasteiger partial charge < -0.3 is 0 Å². The molecule has 18 heavy (non-hydrogen) atoms. The maximum absolute atomic E-state index is 6.12. The molecule has 0 fully saturated rings. The summed E-state index contributed by atoms with van der Waals surface area (Å²) in [5, 5.41) is 7.55. The largest absolute Gasteiger partial charge is 0.275 e. The molecule has 92 valence electrons. The maximum atomic E-state index is 6.12. The molecule has 0 atom stereocenters. The average molecular weight is 297 g/mol. The van der Waals surface area contributed by atoms with E-state index in [2.05, 4.69) is 15.1 Å². The van der Waals surface area contributed by atoms with Gasteiger partial charge in [-0.1, -0.05) is 11.6 Å². The van der Waals surface area contributed by atoms with E-state index in [9.17, 15) is 0 Å². The SMILES string of the molecule is Cn1cc(SCc2nc(Cl)c3ccsc3n2)cn1. The zero-order chi connectivity index (χ0) is 12.5. The van der Waals surface area contributed by atoms with Crippen LogP contribution in [0, 0.1) is 0 Å². The van der Waals surface area contributed by atoms with E-state index in [0.29, 0.717) is 10.9 Å². The summed E-state index contributed by atoms with van der Waals surface area (Å²) in [6.45, 7) is 0. The van der Waals surface area contributed by atoms with Gasteiger partial charge in [-0.15, -0.1) is 23.1 Å². The van der Waals surface area contributed by atoms with Gasteiger partial charge in [-0.2, -0.15) is 5.10 Å². The molecule has 0 unspecified atom stereocenters. The van der Waals surface area contributed by atoms with Crippen LogP contribution in [0.25, 0.3) is 10.2 Å². The zero-order valence-corrected chi connectivity index (χ0v) is 11.9. The number of aryl methyl sites for hydroxylation is 1. The van der Waals surface area contributed by atoms with E-state index in [1.54, 1.807) is 27.8 Å². The van der Waals surface area contributed by atoms with E-state index in [1.807, 2.05) is 30.9 Å². The van der Waals surface area contributed by atoms with E-state index in [4.69, 9.17) is 11.6 Å². The van der Waals surface area contributed by atoms with E-state index in [-0.39, 0.29) is 0 Å². The maximum Gasteiger partial charge on any atom is 0.142 e.